The Balaban J connectivity index is 2.07. The number of carbonyl (C=O) groups excluding carboxylic acids is 4. The maximum atomic E-state index is 12.6. The molecule has 1 aliphatic rings. The fourth-order valence-electron chi connectivity index (χ4n) is 2.55. The Bertz CT molecular complexity index is 853. The summed E-state index contributed by atoms with van der Waals surface area (Å²) in [5, 5.41) is 7.75. The first-order chi connectivity index (χ1) is 14.3. The Kier molecular flexibility index (Phi) is 8.72. The Morgan fingerprint density at radius 1 is 1.17 bits per heavy atom. The lowest BCUT2D eigenvalue weighted by Crippen LogP contribution is -2.45. The largest absolute Gasteiger partial charge is 0.463 e. The summed E-state index contributed by atoms with van der Waals surface area (Å²) in [5.41, 5.74) is 0.655. The average Bonchev–Trinajstić information content (AvgIpc) is 2.70. The van der Waals surface area contributed by atoms with E-state index in [1.807, 2.05) is 13.8 Å². The van der Waals surface area contributed by atoms with Gasteiger partial charge >= 0.3 is 18.0 Å². The molecule has 0 unspecified atom stereocenters. The molecule has 0 atom stereocenters. The lowest BCUT2D eigenvalue weighted by molar-refractivity contribution is -0.138. The number of benzene rings is 1. The van der Waals surface area contributed by atoms with Crippen molar-refractivity contribution in [2.45, 2.75) is 31.7 Å². The maximum absolute atomic E-state index is 12.6. The zero-order valence-electron chi connectivity index (χ0n) is 17.1. The number of carbonyl (C=O) groups is 4. The average molecular weight is 436 g/mol. The van der Waals surface area contributed by atoms with E-state index in [2.05, 4.69) is 16.0 Å². The lowest BCUT2D eigenvalue weighted by atomic mass is 10.1. The van der Waals surface area contributed by atoms with Crippen molar-refractivity contribution in [3.8, 4) is 0 Å². The Labute approximate surface area is 178 Å². The summed E-state index contributed by atoms with van der Waals surface area (Å²) in [6.07, 6.45) is 0. The molecule has 1 aromatic rings. The first kappa shape index (κ1) is 23.3. The molecule has 3 amide bonds. The van der Waals surface area contributed by atoms with Gasteiger partial charge in [0.25, 0.3) is 0 Å². The highest BCUT2D eigenvalue weighted by Crippen LogP contribution is 2.23. The number of hydrogen-bond acceptors (Lipinski definition) is 7. The summed E-state index contributed by atoms with van der Waals surface area (Å²) < 4.78 is 10.3. The molecule has 162 valence electrons. The second-order valence-electron chi connectivity index (χ2n) is 6.57. The number of nitrogens with one attached hydrogen (secondary N) is 3. The highest BCUT2D eigenvalue weighted by molar-refractivity contribution is 8.00. The smallest absolute Gasteiger partial charge is 0.339 e. The molecule has 2 rings (SSSR count). The highest BCUT2D eigenvalue weighted by atomic mass is 32.2. The highest BCUT2D eigenvalue weighted by Gasteiger charge is 2.25. The maximum Gasteiger partial charge on any atom is 0.339 e. The number of ether oxygens (including phenoxy) is 2. The van der Waals surface area contributed by atoms with Gasteiger partial charge in [-0.2, -0.15) is 0 Å². The fourth-order valence-corrected chi connectivity index (χ4v) is 3.40. The molecule has 0 aliphatic carbocycles. The first-order valence-electron chi connectivity index (χ1n) is 9.44. The standard InChI is InChI=1S/C20H25N3O6S/c1-4-28-19(26)14-9-21-20(27)23-15(14)10-29-18(25)13-7-5-6-8-16(13)30-11-17(24)22-12(2)3/h5-8,12H,4,9-11H2,1-3H3,(H,22,24)(H2,21,23,27). The normalized spacial score (nSPS) is 13.4. The molecule has 1 aromatic carbocycles. The quantitative estimate of drug-likeness (QED) is 0.398. The van der Waals surface area contributed by atoms with Gasteiger partial charge in [-0.05, 0) is 32.9 Å². The van der Waals surface area contributed by atoms with Crippen LogP contribution in [0, 0.1) is 0 Å². The Morgan fingerprint density at radius 2 is 1.90 bits per heavy atom. The number of urea groups is 1. The van der Waals surface area contributed by atoms with E-state index in [4.69, 9.17) is 9.47 Å². The predicted octanol–water partition coefficient (Wildman–Crippen LogP) is 1.59. The third-order valence-corrected chi connectivity index (χ3v) is 4.91. The molecule has 3 N–H and O–H groups in total. The molecule has 0 bridgehead atoms. The van der Waals surface area contributed by atoms with Crippen LogP contribution in [0.4, 0.5) is 4.79 Å². The molecule has 9 nitrogen and oxygen atoms in total. The van der Waals surface area contributed by atoms with E-state index >= 15 is 0 Å². The van der Waals surface area contributed by atoms with Gasteiger partial charge in [0.1, 0.15) is 6.61 Å². The Morgan fingerprint density at radius 3 is 2.60 bits per heavy atom. The topological polar surface area (TPSA) is 123 Å². The summed E-state index contributed by atoms with van der Waals surface area (Å²) in [6, 6.07) is 6.28. The summed E-state index contributed by atoms with van der Waals surface area (Å²) in [7, 11) is 0. The molecular formula is C20H25N3O6S. The number of amides is 3. The van der Waals surface area contributed by atoms with E-state index in [1.54, 1.807) is 31.2 Å². The summed E-state index contributed by atoms with van der Waals surface area (Å²) >= 11 is 1.22. The zero-order valence-corrected chi connectivity index (χ0v) is 17.9. The molecule has 1 heterocycles. The minimum atomic E-state index is -0.633. The first-order valence-corrected chi connectivity index (χ1v) is 10.4. The van der Waals surface area contributed by atoms with Gasteiger partial charge in [0.15, 0.2) is 0 Å². The van der Waals surface area contributed by atoms with Crippen molar-refractivity contribution in [3.63, 3.8) is 0 Å². The van der Waals surface area contributed by atoms with Crippen LogP contribution in [0.5, 0.6) is 0 Å². The number of thioether (sulfide) groups is 1. The van der Waals surface area contributed by atoms with Crippen molar-refractivity contribution in [2.75, 3.05) is 25.5 Å². The molecule has 0 spiro atoms. The van der Waals surface area contributed by atoms with E-state index < -0.39 is 18.0 Å². The second kappa shape index (κ2) is 11.2. The van der Waals surface area contributed by atoms with Gasteiger partial charge in [-0.1, -0.05) is 12.1 Å². The van der Waals surface area contributed by atoms with Crippen LogP contribution in [-0.2, 0) is 19.1 Å². The van der Waals surface area contributed by atoms with Gasteiger partial charge in [0, 0.05) is 10.9 Å². The molecule has 0 saturated heterocycles. The van der Waals surface area contributed by atoms with Crippen LogP contribution in [0.25, 0.3) is 0 Å². The molecule has 0 saturated carbocycles. The lowest BCUT2D eigenvalue weighted by Gasteiger charge is -2.21. The second-order valence-corrected chi connectivity index (χ2v) is 7.59. The molecular weight excluding hydrogens is 410 g/mol. The fraction of sp³-hybridized carbons (Fsp3) is 0.400. The molecule has 10 heteroatoms. The zero-order chi connectivity index (χ0) is 22.1. The number of rotatable bonds is 9. The van der Waals surface area contributed by atoms with E-state index in [0.717, 1.165) is 0 Å². The summed E-state index contributed by atoms with van der Waals surface area (Å²) in [6.45, 7) is 5.27. The summed E-state index contributed by atoms with van der Waals surface area (Å²) in [4.78, 5) is 48.7. The van der Waals surface area contributed by atoms with Crippen molar-refractivity contribution in [1.82, 2.24) is 16.0 Å². The van der Waals surface area contributed by atoms with Crippen LogP contribution in [0.3, 0.4) is 0 Å². The van der Waals surface area contributed by atoms with Crippen LogP contribution < -0.4 is 16.0 Å². The van der Waals surface area contributed by atoms with Crippen LogP contribution in [0.1, 0.15) is 31.1 Å². The van der Waals surface area contributed by atoms with Gasteiger partial charge in [0.2, 0.25) is 5.91 Å². The van der Waals surface area contributed by atoms with E-state index in [-0.39, 0.29) is 48.7 Å². The van der Waals surface area contributed by atoms with Gasteiger partial charge in [0.05, 0.1) is 35.7 Å². The third kappa shape index (κ3) is 6.80. The van der Waals surface area contributed by atoms with Crippen molar-refractivity contribution in [1.29, 1.82) is 0 Å². The summed E-state index contributed by atoms with van der Waals surface area (Å²) in [5.74, 6) is -1.21. The third-order valence-electron chi connectivity index (χ3n) is 3.84. The van der Waals surface area contributed by atoms with E-state index in [0.29, 0.717) is 10.5 Å². The van der Waals surface area contributed by atoms with Gasteiger partial charge in [-0.3, -0.25) is 4.79 Å². The monoisotopic (exact) mass is 435 g/mol. The SMILES string of the molecule is CCOC(=O)C1=C(COC(=O)c2ccccc2SCC(=O)NC(C)C)NC(=O)NC1. The molecule has 0 radical (unpaired) electrons. The number of esters is 2. The van der Waals surface area contributed by atoms with Crippen molar-refractivity contribution >= 4 is 35.6 Å². The predicted molar refractivity (Wildman–Crippen MR) is 111 cm³/mol. The molecule has 0 fully saturated rings. The minimum Gasteiger partial charge on any atom is -0.463 e. The van der Waals surface area contributed by atoms with Crippen molar-refractivity contribution in [3.05, 3.63) is 41.1 Å². The van der Waals surface area contributed by atoms with Crippen molar-refractivity contribution < 1.29 is 28.7 Å². The number of hydrogen-bond donors (Lipinski definition) is 3. The van der Waals surface area contributed by atoms with Crippen LogP contribution in [0.2, 0.25) is 0 Å². The van der Waals surface area contributed by atoms with Crippen LogP contribution in [0.15, 0.2) is 40.4 Å². The molecule has 30 heavy (non-hydrogen) atoms. The van der Waals surface area contributed by atoms with Gasteiger partial charge in [-0.15, -0.1) is 11.8 Å². The van der Waals surface area contributed by atoms with Crippen LogP contribution in [-0.4, -0.2) is 55.4 Å². The van der Waals surface area contributed by atoms with Gasteiger partial charge < -0.3 is 25.4 Å². The van der Waals surface area contributed by atoms with Crippen LogP contribution >= 0.6 is 11.8 Å². The molecule has 1 aliphatic heterocycles. The van der Waals surface area contributed by atoms with E-state index in [9.17, 15) is 19.2 Å². The van der Waals surface area contributed by atoms with Crippen molar-refractivity contribution in [2.24, 2.45) is 0 Å². The minimum absolute atomic E-state index is 0.0189. The van der Waals surface area contributed by atoms with Gasteiger partial charge in [-0.25, -0.2) is 14.4 Å². The van der Waals surface area contributed by atoms with E-state index in [1.165, 1.54) is 11.8 Å². The molecule has 0 aromatic heterocycles. The Hall–Kier alpha value is -3.01.